The van der Waals surface area contributed by atoms with Crippen LogP contribution in [-0.4, -0.2) is 15.0 Å². The van der Waals surface area contributed by atoms with Gasteiger partial charge in [-0.2, -0.15) is 20.5 Å². The van der Waals surface area contributed by atoms with Crippen molar-refractivity contribution in [2.75, 3.05) is 5.32 Å². The molecule has 1 aromatic heterocycles. The lowest BCUT2D eigenvalue weighted by molar-refractivity contribution is 0.434. The second-order valence-corrected chi connectivity index (χ2v) is 5.90. The summed E-state index contributed by atoms with van der Waals surface area (Å²) in [6.07, 6.45) is 1.72. The average molecular weight is 356 g/mol. The highest BCUT2D eigenvalue weighted by molar-refractivity contribution is 5.55. The molecule has 0 aliphatic rings. The maximum absolute atomic E-state index is 8.86. The van der Waals surface area contributed by atoms with E-state index in [0.29, 0.717) is 23.7 Å². The van der Waals surface area contributed by atoms with Crippen molar-refractivity contribution in [3.63, 3.8) is 0 Å². The van der Waals surface area contributed by atoms with Crippen LogP contribution in [0.3, 0.4) is 0 Å². The maximum atomic E-state index is 8.86. The monoisotopic (exact) mass is 356 g/mol. The lowest BCUT2D eigenvalue weighted by Gasteiger charge is -2.12. The van der Waals surface area contributed by atoms with E-state index in [9.17, 15) is 0 Å². The third-order valence-electron chi connectivity index (χ3n) is 3.82. The largest absolute Gasteiger partial charge is 0.424 e. The molecule has 0 fully saturated rings. The summed E-state index contributed by atoms with van der Waals surface area (Å²) in [5.41, 5.74) is 4.08. The molecule has 1 heterocycles. The van der Waals surface area contributed by atoms with Crippen LogP contribution in [0.2, 0.25) is 0 Å². The van der Waals surface area contributed by atoms with Crippen molar-refractivity contribution >= 4 is 11.6 Å². The van der Waals surface area contributed by atoms with E-state index >= 15 is 0 Å². The molecule has 3 aromatic rings. The van der Waals surface area contributed by atoms with Crippen molar-refractivity contribution in [3.05, 3.63) is 65.0 Å². The van der Waals surface area contributed by atoms with Gasteiger partial charge < -0.3 is 10.1 Å². The predicted octanol–water partition coefficient (Wildman–Crippen LogP) is 3.96. The number of nitrogens with zero attached hydrogens (tertiary/aromatic N) is 5. The molecule has 0 radical (unpaired) electrons. The van der Waals surface area contributed by atoms with Crippen LogP contribution < -0.4 is 10.1 Å². The summed E-state index contributed by atoms with van der Waals surface area (Å²) in [6.45, 7) is 3.83. The average Bonchev–Trinajstić information content (AvgIpc) is 2.66. The molecule has 0 bridgehead atoms. The molecule has 7 nitrogen and oxygen atoms in total. The Kier molecular flexibility index (Phi) is 5.25. The summed E-state index contributed by atoms with van der Waals surface area (Å²) in [5.74, 6) is 0.994. The van der Waals surface area contributed by atoms with Crippen LogP contribution in [0.15, 0.2) is 42.7 Å². The number of hydrogen-bond acceptors (Lipinski definition) is 7. The number of aryl methyl sites for hydroxylation is 2. The molecule has 0 aliphatic heterocycles. The Balaban J connectivity index is 1.80. The molecule has 27 heavy (non-hydrogen) atoms. The molecule has 132 valence electrons. The minimum absolute atomic E-state index is 0.167. The first kappa shape index (κ1) is 17.8. The van der Waals surface area contributed by atoms with E-state index in [-0.39, 0.29) is 6.01 Å². The zero-order valence-electron chi connectivity index (χ0n) is 14.9. The van der Waals surface area contributed by atoms with Crippen LogP contribution in [0.4, 0.5) is 11.6 Å². The van der Waals surface area contributed by atoms with Crippen LogP contribution in [0.5, 0.6) is 11.8 Å². The van der Waals surface area contributed by atoms with Gasteiger partial charge in [0.05, 0.1) is 24.1 Å². The third kappa shape index (κ3) is 4.36. The Morgan fingerprint density at radius 1 is 1.04 bits per heavy atom. The molecule has 0 atom stereocenters. The number of rotatable bonds is 5. The first-order chi connectivity index (χ1) is 13.1. The quantitative estimate of drug-likeness (QED) is 0.737. The van der Waals surface area contributed by atoms with Crippen LogP contribution in [0.1, 0.15) is 22.3 Å². The summed E-state index contributed by atoms with van der Waals surface area (Å²) in [7, 11) is 0. The number of nitrogens with one attached hydrogen (secondary N) is 1. The number of nitriles is 2. The SMILES string of the molecule is Cc1cc(CC#N)cc(C)c1Oc1ncnc(Nc2ccc(C#N)cc2)n1. The molecule has 0 unspecified atom stereocenters. The molecule has 0 spiro atoms. The highest BCUT2D eigenvalue weighted by Crippen LogP contribution is 2.28. The Bertz CT molecular complexity index is 1020. The summed E-state index contributed by atoms with van der Waals surface area (Å²) in [5, 5.41) is 20.8. The maximum Gasteiger partial charge on any atom is 0.326 e. The Morgan fingerprint density at radius 3 is 2.37 bits per heavy atom. The summed E-state index contributed by atoms with van der Waals surface area (Å²) in [6, 6.07) is 15.2. The number of anilines is 2. The standard InChI is InChI=1S/C20H16N6O/c1-13-9-16(7-8-21)10-14(2)18(13)27-20-24-12-23-19(26-20)25-17-5-3-15(11-22)4-6-17/h3-6,9-10,12H,7H2,1-2H3,(H,23,24,25,26). The molecular formula is C20H16N6O. The fourth-order valence-electron chi connectivity index (χ4n) is 2.63. The molecule has 2 aromatic carbocycles. The lowest BCUT2D eigenvalue weighted by atomic mass is 10.0. The van der Waals surface area contributed by atoms with E-state index in [0.717, 1.165) is 22.4 Å². The molecule has 3 rings (SSSR count). The van der Waals surface area contributed by atoms with E-state index in [1.54, 1.807) is 24.3 Å². The van der Waals surface area contributed by atoms with Gasteiger partial charge in [0.15, 0.2) is 0 Å². The van der Waals surface area contributed by atoms with Crippen molar-refractivity contribution in [1.29, 1.82) is 10.5 Å². The molecule has 0 aliphatic carbocycles. The minimum atomic E-state index is 0.167. The second kappa shape index (κ2) is 7.94. The van der Waals surface area contributed by atoms with E-state index in [1.165, 1.54) is 6.33 Å². The van der Waals surface area contributed by atoms with Crippen LogP contribution >= 0.6 is 0 Å². The van der Waals surface area contributed by atoms with Gasteiger partial charge in [-0.25, -0.2) is 4.98 Å². The number of benzene rings is 2. The lowest BCUT2D eigenvalue weighted by Crippen LogP contribution is -2.02. The Hall–Kier alpha value is -3.97. The highest BCUT2D eigenvalue weighted by atomic mass is 16.5. The van der Waals surface area contributed by atoms with Crippen LogP contribution in [0, 0.1) is 36.5 Å². The van der Waals surface area contributed by atoms with Crippen molar-refractivity contribution in [3.8, 4) is 23.9 Å². The van der Waals surface area contributed by atoms with Gasteiger partial charge in [-0.1, -0.05) is 12.1 Å². The van der Waals surface area contributed by atoms with Gasteiger partial charge in [0.2, 0.25) is 5.95 Å². The van der Waals surface area contributed by atoms with E-state index in [2.05, 4.69) is 32.4 Å². The van der Waals surface area contributed by atoms with E-state index in [1.807, 2.05) is 26.0 Å². The smallest absolute Gasteiger partial charge is 0.326 e. The molecule has 0 amide bonds. The van der Waals surface area contributed by atoms with Crippen LogP contribution in [0.25, 0.3) is 0 Å². The van der Waals surface area contributed by atoms with Gasteiger partial charge in [-0.3, -0.25) is 0 Å². The molecule has 1 N–H and O–H groups in total. The first-order valence-corrected chi connectivity index (χ1v) is 8.20. The zero-order chi connectivity index (χ0) is 19.2. The van der Waals surface area contributed by atoms with Gasteiger partial charge in [-0.05, 0) is 54.8 Å². The molecule has 0 saturated carbocycles. The molecule has 7 heteroatoms. The fraction of sp³-hybridized carbons (Fsp3) is 0.150. The number of aromatic nitrogens is 3. The van der Waals surface area contributed by atoms with E-state index < -0.39 is 0 Å². The fourth-order valence-corrected chi connectivity index (χ4v) is 2.63. The predicted molar refractivity (Wildman–Crippen MR) is 99.6 cm³/mol. The van der Waals surface area contributed by atoms with Crippen molar-refractivity contribution in [2.24, 2.45) is 0 Å². The van der Waals surface area contributed by atoms with Gasteiger partial charge in [0.25, 0.3) is 0 Å². The number of hydrogen-bond donors (Lipinski definition) is 1. The van der Waals surface area contributed by atoms with Crippen molar-refractivity contribution < 1.29 is 4.74 Å². The first-order valence-electron chi connectivity index (χ1n) is 8.20. The van der Waals surface area contributed by atoms with Gasteiger partial charge in [0, 0.05) is 5.69 Å². The minimum Gasteiger partial charge on any atom is -0.424 e. The summed E-state index contributed by atoms with van der Waals surface area (Å²) >= 11 is 0. The van der Waals surface area contributed by atoms with Gasteiger partial charge >= 0.3 is 6.01 Å². The molecular weight excluding hydrogens is 340 g/mol. The normalized spacial score (nSPS) is 9.93. The van der Waals surface area contributed by atoms with E-state index in [4.69, 9.17) is 15.3 Å². The zero-order valence-corrected chi connectivity index (χ0v) is 14.9. The Labute approximate surface area is 156 Å². The van der Waals surface area contributed by atoms with Gasteiger partial charge in [0.1, 0.15) is 12.1 Å². The van der Waals surface area contributed by atoms with Gasteiger partial charge in [-0.15, -0.1) is 0 Å². The molecule has 0 saturated heterocycles. The van der Waals surface area contributed by atoms with Crippen molar-refractivity contribution in [1.82, 2.24) is 15.0 Å². The summed E-state index contributed by atoms with van der Waals surface area (Å²) < 4.78 is 5.86. The third-order valence-corrected chi connectivity index (χ3v) is 3.82. The van der Waals surface area contributed by atoms with Crippen LogP contribution in [-0.2, 0) is 6.42 Å². The summed E-state index contributed by atoms with van der Waals surface area (Å²) in [4.78, 5) is 12.4. The number of ether oxygens (including phenoxy) is 1. The highest BCUT2D eigenvalue weighted by Gasteiger charge is 2.10. The topological polar surface area (TPSA) is 108 Å². The second-order valence-electron chi connectivity index (χ2n) is 5.90. The van der Waals surface area contributed by atoms with Crippen molar-refractivity contribution in [2.45, 2.75) is 20.3 Å². The Morgan fingerprint density at radius 2 is 1.74 bits per heavy atom.